The van der Waals surface area contributed by atoms with Crippen molar-refractivity contribution in [3.63, 3.8) is 0 Å². The van der Waals surface area contributed by atoms with Crippen LogP contribution in [0.4, 0.5) is 0 Å². The molecule has 17 heavy (non-hydrogen) atoms. The second-order valence-corrected chi connectivity index (χ2v) is 5.29. The van der Waals surface area contributed by atoms with Crippen LogP contribution in [0.15, 0.2) is 12.3 Å². The molecule has 0 spiro atoms. The van der Waals surface area contributed by atoms with E-state index in [4.69, 9.17) is 9.84 Å². The maximum Gasteiger partial charge on any atom is 0.341 e. The van der Waals surface area contributed by atoms with Crippen LogP contribution in [-0.2, 0) is 0 Å². The molecule has 1 rings (SSSR count). The molecule has 0 atom stereocenters. The minimum absolute atomic E-state index is 0.115. The molecular formula is C13H19NO3. The average molecular weight is 237 g/mol. The van der Waals surface area contributed by atoms with Crippen LogP contribution in [0.25, 0.3) is 0 Å². The van der Waals surface area contributed by atoms with Gasteiger partial charge < -0.3 is 9.84 Å². The Morgan fingerprint density at radius 2 is 2.12 bits per heavy atom. The smallest absolute Gasteiger partial charge is 0.341 e. The molecule has 0 aliphatic carbocycles. The molecule has 0 aliphatic heterocycles. The molecule has 1 N–H and O–H groups in total. The minimum Gasteiger partial charge on any atom is -0.493 e. The highest BCUT2D eigenvalue weighted by Crippen LogP contribution is 2.22. The van der Waals surface area contributed by atoms with E-state index in [1.165, 1.54) is 6.20 Å². The SMILES string of the molecule is Cc1cc(OCCC(C)(C)C)c(C(=O)O)cn1. The Kier molecular flexibility index (Phi) is 4.10. The fourth-order valence-corrected chi connectivity index (χ4v) is 1.28. The van der Waals surface area contributed by atoms with Crippen LogP contribution in [0.3, 0.4) is 0 Å². The lowest BCUT2D eigenvalue weighted by Crippen LogP contribution is -2.12. The normalized spacial score (nSPS) is 11.3. The summed E-state index contributed by atoms with van der Waals surface area (Å²) in [6.45, 7) is 8.67. The number of hydrogen-bond donors (Lipinski definition) is 1. The van der Waals surface area contributed by atoms with Crippen LogP contribution in [0.1, 0.15) is 43.2 Å². The minimum atomic E-state index is -1.01. The summed E-state index contributed by atoms with van der Waals surface area (Å²) in [6.07, 6.45) is 2.21. The number of rotatable bonds is 4. The predicted octanol–water partition coefficient (Wildman–Crippen LogP) is 2.90. The molecule has 0 unspecified atom stereocenters. The number of aromatic nitrogens is 1. The van der Waals surface area contributed by atoms with Crippen LogP contribution >= 0.6 is 0 Å². The van der Waals surface area contributed by atoms with E-state index in [1.54, 1.807) is 6.07 Å². The van der Waals surface area contributed by atoms with Gasteiger partial charge in [0.05, 0.1) is 6.61 Å². The second-order valence-electron chi connectivity index (χ2n) is 5.29. The summed E-state index contributed by atoms with van der Waals surface area (Å²) in [5.41, 5.74) is 1.04. The third-order valence-electron chi connectivity index (χ3n) is 2.34. The Morgan fingerprint density at radius 3 is 2.65 bits per heavy atom. The summed E-state index contributed by atoms with van der Waals surface area (Å²) in [5.74, 6) is -0.613. The van der Waals surface area contributed by atoms with Gasteiger partial charge in [0, 0.05) is 18.0 Å². The summed E-state index contributed by atoms with van der Waals surface area (Å²) >= 11 is 0. The first-order valence-corrected chi connectivity index (χ1v) is 5.62. The lowest BCUT2D eigenvalue weighted by molar-refractivity contribution is 0.0691. The summed E-state index contributed by atoms with van der Waals surface area (Å²) in [4.78, 5) is 14.9. The third kappa shape index (κ3) is 4.43. The van der Waals surface area contributed by atoms with Gasteiger partial charge in [-0.25, -0.2) is 4.79 Å². The van der Waals surface area contributed by atoms with Crippen LogP contribution in [0.2, 0.25) is 0 Å². The number of aryl methyl sites for hydroxylation is 1. The number of nitrogens with zero attached hydrogens (tertiary/aromatic N) is 1. The van der Waals surface area contributed by atoms with Gasteiger partial charge in [-0.1, -0.05) is 20.8 Å². The number of carbonyl (C=O) groups is 1. The Bertz CT molecular complexity index is 408. The molecule has 0 aliphatic rings. The lowest BCUT2D eigenvalue weighted by atomic mass is 9.93. The molecule has 1 aromatic heterocycles. The van der Waals surface area contributed by atoms with E-state index in [9.17, 15) is 4.79 Å². The van der Waals surface area contributed by atoms with E-state index in [2.05, 4.69) is 25.8 Å². The largest absolute Gasteiger partial charge is 0.493 e. The quantitative estimate of drug-likeness (QED) is 0.874. The highest BCUT2D eigenvalue weighted by molar-refractivity contribution is 5.90. The molecule has 94 valence electrons. The van der Waals surface area contributed by atoms with E-state index in [1.807, 2.05) is 6.92 Å². The summed E-state index contributed by atoms with van der Waals surface area (Å²) < 4.78 is 5.53. The van der Waals surface area contributed by atoms with Crippen molar-refractivity contribution in [1.29, 1.82) is 0 Å². The van der Waals surface area contributed by atoms with Crippen LogP contribution in [0.5, 0.6) is 5.75 Å². The molecule has 0 amide bonds. The van der Waals surface area contributed by atoms with Gasteiger partial charge in [-0.3, -0.25) is 4.98 Å². The van der Waals surface area contributed by atoms with Crippen molar-refractivity contribution < 1.29 is 14.6 Å². The molecule has 0 radical (unpaired) electrons. The van der Waals surface area contributed by atoms with E-state index in [0.29, 0.717) is 12.4 Å². The standard InChI is InChI=1S/C13H19NO3/c1-9-7-11(10(8-14-9)12(15)16)17-6-5-13(2,3)4/h7-8H,5-6H2,1-4H3,(H,15,16). The van der Waals surface area contributed by atoms with Gasteiger partial charge in [0.15, 0.2) is 0 Å². The van der Waals surface area contributed by atoms with Gasteiger partial charge in [0.1, 0.15) is 11.3 Å². The Labute approximate surface area is 102 Å². The number of carboxylic acid groups (broad SMARTS) is 1. The average Bonchev–Trinajstić information content (AvgIpc) is 2.15. The van der Waals surface area contributed by atoms with Gasteiger partial charge in [-0.15, -0.1) is 0 Å². The molecule has 0 saturated heterocycles. The van der Waals surface area contributed by atoms with Crippen molar-refractivity contribution in [2.45, 2.75) is 34.1 Å². The van der Waals surface area contributed by atoms with E-state index >= 15 is 0 Å². The molecule has 0 aromatic carbocycles. The Morgan fingerprint density at radius 1 is 1.47 bits per heavy atom. The van der Waals surface area contributed by atoms with Crippen molar-refractivity contribution in [3.8, 4) is 5.75 Å². The van der Waals surface area contributed by atoms with Crippen molar-refractivity contribution in [2.75, 3.05) is 6.61 Å². The van der Waals surface area contributed by atoms with Crippen molar-refractivity contribution in [2.24, 2.45) is 5.41 Å². The number of pyridine rings is 1. The maximum atomic E-state index is 11.0. The monoisotopic (exact) mass is 237 g/mol. The van der Waals surface area contributed by atoms with Crippen LogP contribution in [0, 0.1) is 12.3 Å². The topological polar surface area (TPSA) is 59.4 Å². The van der Waals surface area contributed by atoms with Crippen molar-refractivity contribution in [3.05, 3.63) is 23.5 Å². The van der Waals surface area contributed by atoms with E-state index < -0.39 is 5.97 Å². The zero-order valence-electron chi connectivity index (χ0n) is 10.8. The Balaban J connectivity index is 2.75. The summed E-state index contributed by atoms with van der Waals surface area (Å²) in [5, 5.41) is 9.00. The van der Waals surface area contributed by atoms with Gasteiger partial charge in [-0.05, 0) is 18.8 Å². The number of aromatic carboxylic acids is 1. The zero-order chi connectivity index (χ0) is 13.1. The van der Waals surface area contributed by atoms with Crippen molar-refractivity contribution in [1.82, 2.24) is 4.98 Å². The highest BCUT2D eigenvalue weighted by atomic mass is 16.5. The van der Waals surface area contributed by atoms with Crippen LogP contribution in [-0.4, -0.2) is 22.7 Å². The lowest BCUT2D eigenvalue weighted by Gasteiger charge is -2.18. The number of ether oxygens (including phenoxy) is 1. The van der Waals surface area contributed by atoms with Gasteiger partial charge in [-0.2, -0.15) is 0 Å². The fraction of sp³-hybridized carbons (Fsp3) is 0.538. The second kappa shape index (κ2) is 5.17. The third-order valence-corrected chi connectivity index (χ3v) is 2.34. The van der Waals surface area contributed by atoms with Gasteiger partial charge >= 0.3 is 5.97 Å². The first-order valence-electron chi connectivity index (χ1n) is 5.62. The predicted molar refractivity (Wildman–Crippen MR) is 65.5 cm³/mol. The highest BCUT2D eigenvalue weighted by Gasteiger charge is 2.14. The van der Waals surface area contributed by atoms with Crippen LogP contribution < -0.4 is 4.74 Å². The van der Waals surface area contributed by atoms with E-state index in [-0.39, 0.29) is 11.0 Å². The first kappa shape index (κ1) is 13.5. The summed E-state index contributed by atoms with van der Waals surface area (Å²) in [6, 6.07) is 1.66. The molecule has 1 heterocycles. The molecule has 0 bridgehead atoms. The molecular weight excluding hydrogens is 218 g/mol. The molecule has 4 heteroatoms. The summed E-state index contributed by atoms with van der Waals surface area (Å²) in [7, 11) is 0. The Hall–Kier alpha value is -1.58. The fourth-order valence-electron chi connectivity index (χ4n) is 1.28. The molecule has 0 fully saturated rings. The van der Waals surface area contributed by atoms with Gasteiger partial charge in [0.25, 0.3) is 0 Å². The van der Waals surface area contributed by atoms with E-state index in [0.717, 1.165) is 12.1 Å². The molecule has 4 nitrogen and oxygen atoms in total. The zero-order valence-corrected chi connectivity index (χ0v) is 10.8. The molecule has 0 saturated carbocycles. The first-order chi connectivity index (χ1) is 7.79. The number of hydrogen-bond acceptors (Lipinski definition) is 3. The molecule has 1 aromatic rings. The number of carboxylic acids is 1. The maximum absolute atomic E-state index is 11.0. The van der Waals surface area contributed by atoms with Gasteiger partial charge in [0.2, 0.25) is 0 Å². The van der Waals surface area contributed by atoms with Crippen molar-refractivity contribution >= 4 is 5.97 Å².